The summed E-state index contributed by atoms with van der Waals surface area (Å²) in [6, 6.07) is -0.647. The van der Waals surface area contributed by atoms with Crippen molar-refractivity contribution in [2.75, 3.05) is 26.9 Å². The molecule has 0 aliphatic carbocycles. The van der Waals surface area contributed by atoms with Crippen LogP contribution >= 0.6 is 0 Å². The summed E-state index contributed by atoms with van der Waals surface area (Å²) in [7, 11) is 1.58. The van der Waals surface area contributed by atoms with Gasteiger partial charge in [0.25, 0.3) is 0 Å². The van der Waals surface area contributed by atoms with E-state index in [-0.39, 0.29) is 24.0 Å². The average molecular weight is 437 g/mol. The first-order valence-electron chi connectivity index (χ1n) is 11.5. The highest BCUT2D eigenvalue weighted by Crippen LogP contribution is 2.22. The van der Waals surface area contributed by atoms with Crippen molar-refractivity contribution >= 4 is 17.7 Å². The average Bonchev–Trinajstić information content (AvgIpc) is 3.04. The molecule has 1 amide bonds. The molecule has 1 unspecified atom stereocenters. The molecule has 0 radical (unpaired) electrons. The van der Waals surface area contributed by atoms with E-state index < -0.39 is 12.0 Å². The fourth-order valence-corrected chi connectivity index (χ4v) is 3.80. The van der Waals surface area contributed by atoms with Gasteiger partial charge in [-0.15, -0.1) is 0 Å². The number of ketones is 1. The Hall–Kier alpha value is -2.15. The summed E-state index contributed by atoms with van der Waals surface area (Å²) in [5, 5.41) is 0. The minimum Gasteiger partial charge on any atom is -0.461 e. The highest BCUT2D eigenvalue weighted by molar-refractivity contribution is 6.06. The summed E-state index contributed by atoms with van der Waals surface area (Å²) in [5.74, 6) is -0.704. The number of Topliss-reactive ketones (excluding diaryl/α,β-unsaturated/α-hetero) is 1. The molecule has 1 rings (SSSR count). The molecule has 7 heteroatoms. The fourth-order valence-electron chi connectivity index (χ4n) is 3.80. The number of esters is 1. The Morgan fingerprint density at radius 2 is 1.68 bits per heavy atom. The Bertz CT molecular complexity index is 726. The molecule has 0 saturated heterocycles. The first kappa shape index (κ1) is 26.9. The van der Waals surface area contributed by atoms with Crippen molar-refractivity contribution in [2.45, 2.75) is 85.6 Å². The third-order valence-electron chi connectivity index (χ3n) is 5.61. The van der Waals surface area contributed by atoms with Crippen molar-refractivity contribution < 1.29 is 23.9 Å². The van der Waals surface area contributed by atoms with E-state index in [2.05, 4.69) is 11.9 Å². The monoisotopic (exact) mass is 436 g/mol. The second-order valence-corrected chi connectivity index (χ2v) is 7.98. The van der Waals surface area contributed by atoms with E-state index in [4.69, 9.17) is 9.47 Å². The molecule has 0 spiro atoms. The van der Waals surface area contributed by atoms with Gasteiger partial charge in [-0.25, -0.2) is 4.79 Å². The van der Waals surface area contributed by atoms with Gasteiger partial charge < -0.3 is 19.4 Å². The normalized spacial score (nSPS) is 11.9. The predicted molar refractivity (Wildman–Crippen MR) is 122 cm³/mol. The van der Waals surface area contributed by atoms with Crippen LogP contribution < -0.4 is 0 Å². The number of aromatic nitrogens is 1. The van der Waals surface area contributed by atoms with Gasteiger partial charge in [-0.05, 0) is 39.7 Å². The lowest BCUT2D eigenvalue weighted by atomic mass is 9.99. The van der Waals surface area contributed by atoms with Crippen LogP contribution in [0.1, 0.15) is 97.8 Å². The van der Waals surface area contributed by atoms with Crippen molar-refractivity contribution in [1.82, 2.24) is 9.88 Å². The van der Waals surface area contributed by atoms with Gasteiger partial charge in [-0.3, -0.25) is 9.59 Å². The second-order valence-electron chi connectivity index (χ2n) is 7.98. The van der Waals surface area contributed by atoms with Gasteiger partial charge in [-0.1, -0.05) is 39.0 Å². The molecule has 0 aliphatic rings. The minimum atomic E-state index is -0.647. The van der Waals surface area contributed by atoms with Crippen molar-refractivity contribution in [1.29, 1.82) is 0 Å². The van der Waals surface area contributed by atoms with Crippen molar-refractivity contribution in [3.8, 4) is 0 Å². The largest absolute Gasteiger partial charge is 0.461 e. The molecular formula is C24H40N2O5. The Labute approximate surface area is 186 Å². The second kappa shape index (κ2) is 14.0. The molecule has 1 aromatic heterocycles. The predicted octanol–water partition coefficient (Wildman–Crippen LogP) is 4.61. The van der Waals surface area contributed by atoms with E-state index in [1.165, 1.54) is 19.3 Å². The number of carbonyl (C=O) groups is 3. The topological polar surface area (TPSA) is 88.7 Å². The zero-order valence-corrected chi connectivity index (χ0v) is 20.1. The molecule has 1 N–H and O–H groups in total. The maximum atomic E-state index is 13.3. The number of nitrogens with zero attached hydrogens (tertiary/aromatic N) is 1. The van der Waals surface area contributed by atoms with E-state index in [9.17, 15) is 14.4 Å². The van der Waals surface area contributed by atoms with Crippen molar-refractivity contribution in [3.05, 3.63) is 22.5 Å². The first-order valence-corrected chi connectivity index (χ1v) is 11.5. The molecule has 1 heterocycles. The van der Waals surface area contributed by atoms with Gasteiger partial charge >= 0.3 is 5.97 Å². The maximum absolute atomic E-state index is 13.3. The molecule has 0 aromatic carbocycles. The van der Waals surface area contributed by atoms with E-state index in [0.29, 0.717) is 36.4 Å². The molecule has 0 bridgehead atoms. The van der Waals surface area contributed by atoms with Crippen LogP contribution in [-0.2, 0) is 14.3 Å². The van der Waals surface area contributed by atoms with E-state index in [1.54, 1.807) is 39.7 Å². The van der Waals surface area contributed by atoms with E-state index >= 15 is 0 Å². The summed E-state index contributed by atoms with van der Waals surface area (Å²) in [4.78, 5) is 43.0. The number of aryl methyl sites for hydroxylation is 1. The van der Waals surface area contributed by atoms with Gasteiger partial charge in [0.2, 0.25) is 5.91 Å². The standard InChI is InChI=1S/C24H40N2O5/c1-7-9-10-11-12-13-14-20(27)26(15-16-30-6)19(5)23(28)21-17(3)22(25-18(21)4)24(29)31-8-2/h19,25H,7-16H2,1-6H3. The number of unbranched alkanes of at least 4 members (excludes halogenated alkanes) is 5. The maximum Gasteiger partial charge on any atom is 0.355 e. The van der Waals surface area contributed by atoms with E-state index in [0.717, 1.165) is 19.3 Å². The van der Waals surface area contributed by atoms with E-state index in [1.807, 2.05) is 0 Å². The Morgan fingerprint density at radius 3 is 2.29 bits per heavy atom. The minimum absolute atomic E-state index is 0.0372. The molecule has 176 valence electrons. The van der Waals surface area contributed by atoms with Gasteiger partial charge in [-0.2, -0.15) is 0 Å². The van der Waals surface area contributed by atoms with Crippen LogP contribution in [0.5, 0.6) is 0 Å². The summed E-state index contributed by atoms with van der Waals surface area (Å²) >= 11 is 0. The highest BCUT2D eigenvalue weighted by Gasteiger charge is 2.30. The molecule has 0 aliphatic heterocycles. The Balaban J connectivity index is 2.92. The lowest BCUT2D eigenvalue weighted by Crippen LogP contribution is -2.45. The van der Waals surface area contributed by atoms with Crippen molar-refractivity contribution in [3.63, 3.8) is 0 Å². The highest BCUT2D eigenvalue weighted by atomic mass is 16.5. The third kappa shape index (κ3) is 7.80. The SMILES string of the molecule is CCCCCCCCC(=O)N(CCOC)C(C)C(=O)c1c(C)[nH]c(C(=O)OCC)c1C. The number of nitrogens with one attached hydrogen (secondary N) is 1. The van der Waals surface area contributed by atoms with Crippen LogP contribution in [0.2, 0.25) is 0 Å². The molecule has 0 fully saturated rings. The number of ether oxygens (including phenoxy) is 2. The van der Waals surface area contributed by atoms with Crippen LogP contribution in [0.3, 0.4) is 0 Å². The van der Waals surface area contributed by atoms with Crippen LogP contribution in [0.25, 0.3) is 0 Å². The summed E-state index contributed by atoms with van der Waals surface area (Å²) < 4.78 is 10.2. The quantitative estimate of drug-likeness (QED) is 0.246. The Kier molecular flexibility index (Phi) is 12.2. The van der Waals surface area contributed by atoms with Gasteiger partial charge in [0.15, 0.2) is 5.78 Å². The molecule has 1 aromatic rings. The van der Waals surface area contributed by atoms with Gasteiger partial charge in [0.05, 0.1) is 19.3 Å². The number of methoxy groups -OCH3 is 1. The number of amides is 1. The lowest BCUT2D eigenvalue weighted by molar-refractivity contribution is -0.133. The van der Waals surface area contributed by atoms with Crippen molar-refractivity contribution in [2.24, 2.45) is 0 Å². The van der Waals surface area contributed by atoms with Crippen LogP contribution in [0, 0.1) is 13.8 Å². The van der Waals surface area contributed by atoms with Crippen LogP contribution in [0.4, 0.5) is 0 Å². The molecule has 0 saturated carbocycles. The van der Waals surface area contributed by atoms with Crippen LogP contribution in [-0.4, -0.2) is 60.5 Å². The number of rotatable bonds is 15. The molecular weight excluding hydrogens is 396 g/mol. The van der Waals surface area contributed by atoms with Gasteiger partial charge in [0.1, 0.15) is 5.69 Å². The first-order chi connectivity index (χ1) is 14.8. The van der Waals surface area contributed by atoms with Gasteiger partial charge in [0, 0.05) is 31.3 Å². The Morgan fingerprint density at radius 1 is 1.03 bits per heavy atom. The number of hydrogen-bond acceptors (Lipinski definition) is 5. The number of aromatic amines is 1. The number of H-pyrrole nitrogens is 1. The third-order valence-corrected chi connectivity index (χ3v) is 5.61. The fraction of sp³-hybridized carbons (Fsp3) is 0.708. The molecule has 31 heavy (non-hydrogen) atoms. The molecule has 7 nitrogen and oxygen atoms in total. The van der Waals surface area contributed by atoms with Crippen LogP contribution in [0.15, 0.2) is 0 Å². The summed E-state index contributed by atoms with van der Waals surface area (Å²) in [6.07, 6.45) is 7.01. The smallest absolute Gasteiger partial charge is 0.355 e. The lowest BCUT2D eigenvalue weighted by Gasteiger charge is -2.28. The zero-order chi connectivity index (χ0) is 23.4. The molecule has 1 atom stereocenters. The zero-order valence-electron chi connectivity index (χ0n) is 20.1. The number of carbonyl (C=O) groups excluding carboxylic acids is 3. The number of hydrogen-bond donors (Lipinski definition) is 1. The summed E-state index contributed by atoms with van der Waals surface area (Å²) in [6.45, 7) is 10.1. The summed E-state index contributed by atoms with van der Waals surface area (Å²) in [5.41, 5.74) is 1.90.